The van der Waals surface area contributed by atoms with E-state index in [9.17, 15) is 14.7 Å². The molecule has 1 rings (SSSR count). The summed E-state index contributed by atoms with van der Waals surface area (Å²) in [7, 11) is 0. The van der Waals surface area contributed by atoms with Gasteiger partial charge in [0.2, 0.25) is 5.91 Å². The molecule has 0 atom stereocenters. The summed E-state index contributed by atoms with van der Waals surface area (Å²) in [6.45, 7) is 5.33. The van der Waals surface area contributed by atoms with Crippen molar-refractivity contribution >= 4 is 11.6 Å². The van der Waals surface area contributed by atoms with Crippen LogP contribution in [0.15, 0.2) is 20.4 Å². The second-order valence-corrected chi connectivity index (χ2v) is 6.72. The van der Waals surface area contributed by atoms with Crippen molar-refractivity contribution in [3.05, 3.63) is 27.8 Å². The number of amides is 1. The molecular formula is C20H32N2O4. The predicted octanol–water partition coefficient (Wildman–Crippen LogP) is 4.41. The quantitative estimate of drug-likeness (QED) is 0.326. The van der Waals surface area contributed by atoms with Gasteiger partial charge in [0.1, 0.15) is 17.1 Å². The molecule has 0 saturated heterocycles. The van der Waals surface area contributed by atoms with Gasteiger partial charge in [-0.25, -0.2) is 10.2 Å². The molecule has 146 valence electrons. The Morgan fingerprint density at radius 1 is 1.12 bits per heavy atom. The van der Waals surface area contributed by atoms with Gasteiger partial charge in [-0.05, 0) is 20.3 Å². The number of aryl methyl sites for hydroxylation is 1. The summed E-state index contributed by atoms with van der Waals surface area (Å²) in [4.78, 5) is 23.6. The first kappa shape index (κ1) is 21.9. The molecule has 0 spiro atoms. The van der Waals surface area contributed by atoms with Crippen molar-refractivity contribution < 1.29 is 14.3 Å². The molecule has 1 amide bonds. The second kappa shape index (κ2) is 12.3. The third-order valence-corrected chi connectivity index (χ3v) is 4.27. The van der Waals surface area contributed by atoms with Gasteiger partial charge < -0.3 is 9.52 Å². The van der Waals surface area contributed by atoms with Crippen LogP contribution in [0.25, 0.3) is 0 Å². The number of nitrogens with one attached hydrogen (secondary N) is 1. The van der Waals surface area contributed by atoms with E-state index in [0.717, 1.165) is 19.3 Å². The first-order valence-corrected chi connectivity index (χ1v) is 9.63. The van der Waals surface area contributed by atoms with Crippen molar-refractivity contribution in [1.82, 2.24) is 5.43 Å². The monoisotopic (exact) mass is 364 g/mol. The summed E-state index contributed by atoms with van der Waals surface area (Å²) >= 11 is 0. The molecular weight excluding hydrogens is 332 g/mol. The highest BCUT2D eigenvalue weighted by molar-refractivity contribution is 6.01. The van der Waals surface area contributed by atoms with Crippen molar-refractivity contribution in [3.8, 4) is 5.75 Å². The Bertz CT molecular complexity index is 650. The number of hydrogen-bond acceptors (Lipinski definition) is 5. The van der Waals surface area contributed by atoms with Crippen molar-refractivity contribution in [2.45, 2.75) is 85.0 Å². The van der Waals surface area contributed by atoms with E-state index in [1.807, 2.05) is 0 Å². The van der Waals surface area contributed by atoms with Crippen LogP contribution in [0.4, 0.5) is 0 Å². The molecule has 0 aliphatic rings. The van der Waals surface area contributed by atoms with E-state index in [-0.39, 0.29) is 22.9 Å². The third kappa shape index (κ3) is 8.32. The van der Waals surface area contributed by atoms with Gasteiger partial charge >= 0.3 is 5.63 Å². The summed E-state index contributed by atoms with van der Waals surface area (Å²) in [5.74, 6) is -0.0741. The zero-order valence-electron chi connectivity index (χ0n) is 16.3. The van der Waals surface area contributed by atoms with Crippen LogP contribution < -0.4 is 11.1 Å². The van der Waals surface area contributed by atoms with E-state index in [1.54, 1.807) is 13.8 Å². The molecule has 1 aromatic heterocycles. The lowest BCUT2D eigenvalue weighted by molar-refractivity contribution is -0.121. The van der Waals surface area contributed by atoms with Crippen LogP contribution in [0.5, 0.6) is 5.75 Å². The molecule has 1 aromatic rings. The number of unbranched alkanes of at least 4 members (excludes halogenated alkanes) is 8. The molecule has 0 aliphatic heterocycles. The van der Waals surface area contributed by atoms with Gasteiger partial charge in [0.15, 0.2) is 0 Å². The molecule has 6 nitrogen and oxygen atoms in total. The van der Waals surface area contributed by atoms with Crippen molar-refractivity contribution in [1.29, 1.82) is 0 Å². The number of rotatable bonds is 12. The lowest BCUT2D eigenvalue weighted by Gasteiger charge is -2.05. The third-order valence-electron chi connectivity index (χ3n) is 4.27. The summed E-state index contributed by atoms with van der Waals surface area (Å²) < 4.78 is 4.94. The van der Waals surface area contributed by atoms with E-state index >= 15 is 0 Å². The van der Waals surface area contributed by atoms with E-state index in [2.05, 4.69) is 17.5 Å². The lowest BCUT2D eigenvalue weighted by atomic mass is 10.1. The largest absolute Gasteiger partial charge is 0.507 e. The highest BCUT2D eigenvalue weighted by Gasteiger charge is 2.13. The number of carbonyl (C=O) groups is 1. The number of aromatic hydroxyl groups is 1. The molecule has 6 heteroatoms. The molecule has 0 unspecified atom stereocenters. The van der Waals surface area contributed by atoms with Gasteiger partial charge in [0.05, 0.1) is 5.71 Å². The van der Waals surface area contributed by atoms with Gasteiger partial charge in [-0.15, -0.1) is 0 Å². The highest BCUT2D eigenvalue weighted by atomic mass is 16.4. The maximum Gasteiger partial charge on any atom is 0.348 e. The summed E-state index contributed by atoms with van der Waals surface area (Å²) in [6, 6.07) is 1.35. The SMILES string of the molecule is CCCCCCCCCCCC(=O)N/N=C(\C)c1c(O)cc(C)oc1=O. The molecule has 0 saturated carbocycles. The maximum absolute atomic E-state index is 11.8. The summed E-state index contributed by atoms with van der Waals surface area (Å²) in [5.41, 5.74) is 1.95. The number of nitrogens with zero attached hydrogens (tertiary/aromatic N) is 1. The van der Waals surface area contributed by atoms with Crippen molar-refractivity contribution in [2.24, 2.45) is 5.10 Å². The average molecular weight is 364 g/mol. The maximum atomic E-state index is 11.8. The minimum atomic E-state index is -0.670. The molecule has 0 bridgehead atoms. The fourth-order valence-corrected chi connectivity index (χ4v) is 2.78. The molecule has 0 aliphatic carbocycles. The number of hydrazone groups is 1. The number of hydrogen-bond donors (Lipinski definition) is 2. The van der Waals surface area contributed by atoms with Crippen LogP contribution in [0.1, 0.15) is 89.4 Å². The molecule has 26 heavy (non-hydrogen) atoms. The van der Waals surface area contributed by atoms with E-state index in [1.165, 1.54) is 44.6 Å². The minimum absolute atomic E-state index is 0.0287. The Labute approximate surface area is 155 Å². The first-order chi connectivity index (χ1) is 12.5. The molecule has 1 heterocycles. The fourth-order valence-electron chi connectivity index (χ4n) is 2.78. The fraction of sp³-hybridized carbons (Fsp3) is 0.650. The van der Waals surface area contributed by atoms with Crippen LogP contribution in [0.2, 0.25) is 0 Å². The Morgan fingerprint density at radius 3 is 2.27 bits per heavy atom. The summed E-state index contributed by atoms with van der Waals surface area (Å²) in [6.07, 6.45) is 11.1. The van der Waals surface area contributed by atoms with E-state index < -0.39 is 5.63 Å². The molecule has 0 fully saturated rings. The van der Waals surface area contributed by atoms with Gasteiger partial charge in [0.25, 0.3) is 0 Å². The summed E-state index contributed by atoms with van der Waals surface area (Å²) in [5, 5.41) is 13.7. The van der Waals surface area contributed by atoms with Gasteiger partial charge in [-0.3, -0.25) is 4.79 Å². The van der Waals surface area contributed by atoms with Crippen LogP contribution in [-0.4, -0.2) is 16.7 Å². The normalized spacial score (nSPS) is 11.6. The Balaban J connectivity index is 2.27. The molecule has 0 radical (unpaired) electrons. The van der Waals surface area contributed by atoms with Crippen molar-refractivity contribution in [2.75, 3.05) is 0 Å². The zero-order valence-corrected chi connectivity index (χ0v) is 16.3. The van der Waals surface area contributed by atoms with Crippen molar-refractivity contribution in [3.63, 3.8) is 0 Å². The van der Waals surface area contributed by atoms with E-state index in [0.29, 0.717) is 12.2 Å². The molecule has 0 aromatic carbocycles. The smallest absolute Gasteiger partial charge is 0.348 e. The van der Waals surface area contributed by atoms with Crippen LogP contribution >= 0.6 is 0 Å². The number of carbonyl (C=O) groups excluding carboxylic acids is 1. The Morgan fingerprint density at radius 2 is 1.69 bits per heavy atom. The second-order valence-electron chi connectivity index (χ2n) is 6.72. The van der Waals surface area contributed by atoms with Crippen LogP contribution in [-0.2, 0) is 4.79 Å². The topological polar surface area (TPSA) is 91.9 Å². The first-order valence-electron chi connectivity index (χ1n) is 9.63. The van der Waals surface area contributed by atoms with Crippen LogP contribution in [0.3, 0.4) is 0 Å². The van der Waals surface area contributed by atoms with E-state index in [4.69, 9.17) is 4.42 Å². The van der Waals surface area contributed by atoms with Gasteiger partial charge in [-0.1, -0.05) is 58.3 Å². The minimum Gasteiger partial charge on any atom is -0.507 e. The van der Waals surface area contributed by atoms with Crippen LogP contribution in [0, 0.1) is 6.92 Å². The highest BCUT2D eigenvalue weighted by Crippen LogP contribution is 2.15. The predicted molar refractivity (Wildman–Crippen MR) is 104 cm³/mol. The Kier molecular flexibility index (Phi) is 10.4. The standard InChI is InChI=1S/C20H32N2O4/c1-4-5-6-7-8-9-10-11-12-13-18(24)22-21-16(3)19-17(23)14-15(2)26-20(19)25/h14,23H,4-13H2,1-3H3,(H,22,24)/b21-16+. The zero-order chi connectivity index (χ0) is 19.4. The Hall–Kier alpha value is -2.11. The van der Waals surface area contributed by atoms with Gasteiger partial charge in [0, 0.05) is 12.5 Å². The lowest BCUT2D eigenvalue weighted by Crippen LogP contribution is -2.21. The average Bonchev–Trinajstić information content (AvgIpc) is 2.57. The van der Waals surface area contributed by atoms with Gasteiger partial charge in [-0.2, -0.15) is 5.10 Å². The molecule has 2 N–H and O–H groups in total.